The lowest BCUT2D eigenvalue weighted by atomic mass is 9.83. The first-order valence-corrected chi connectivity index (χ1v) is 8.07. The number of aromatic nitrogens is 1. The average molecular weight is 266 g/mol. The molecule has 0 aliphatic heterocycles. The zero-order valence-corrected chi connectivity index (χ0v) is 12.9. The second-order valence-corrected chi connectivity index (χ2v) is 7.18. The van der Waals surface area contributed by atoms with Crippen LogP contribution in [0.25, 0.3) is 0 Å². The highest BCUT2D eigenvalue weighted by Crippen LogP contribution is 2.38. The first-order valence-electron chi connectivity index (χ1n) is 7.25. The Balaban J connectivity index is 2.03. The molecule has 0 amide bonds. The van der Waals surface area contributed by atoms with Crippen molar-refractivity contribution >= 4 is 11.3 Å². The average Bonchev–Trinajstić information content (AvgIpc) is 2.68. The molecule has 2 atom stereocenters. The molecular weight excluding hydrogens is 240 g/mol. The molecule has 1 aromatic rings. The van der Waals surface area contributed by atoms with Crippen molar-refractivity contribution in [1.82, 2.24) is 10.3 Å². The van der Waals surface area contributed by atoms with Gasteiger partial charge in [-0.1, -0.05) is 33.6 Å². The van der Waals surface area contributed by atoms with Crippen LogP contribution in [0.3, 0.4) is 0 Å². The van der Waals surface area contributed by atoms with Crippen molar-refractivity contribution < 1.29 is 0 Å². The van der Waals surface area contributed by atoms with Gasteiger partial charge in [0.05, 0.1) is 10.7 Å². The second kappa shape index (κ2) is 6.16. The lowest BCUT2D eigenvalue weighted by Crippen LogP contribution is -2.21. The van der Waals surface area contributed by atoms with Gasteiger partial charge in [-0.3, -0.25) is 0 Å². The molecule has 0 saturated heterocycles. The molecule has 2 rings (SSSR count). The number of hydrogen-bond donors (Lipinski definition) is 1. The molecule has 1 aliphatic rings. The van der Waals surface area contributed by atoms with Crippen LogP contribution in [0.4, 0.5) is 0 Å². The second-order valence-electron chi connectivity index (χ2n) is 6.06. The van der Waals surface area contributed by atoms with Crippen LogP contribution in [0.15, 0.2) is 0 Å². The standard InChI is InChI=1S/C15H26N2S/c1-10(2)16-9-14-12(4)17-15(18-14)13-7-5-6-11(3)8-13/h10-11,13,16H,5-9H2,1-4H3. The summed E-state index contributed by atoms with van der Waals surface area (Å²) in [7, 11) is 0. The van der Waals surface area contributed by atoms with Crippen molar-refractivity contribution in [3.05, 3.63) is 15.6 Å². The van der Waals surface area contributed by atoms with Crippen molar-refractivity contribution in [1.29, 1.82) is 0 Å². The Morgan fingerprint density at radius 2 is 2.17 bits per heavy atom. The van der Waals surface area contributed by atoms with E-state index < -0.39 is 0 Å². The molecule has 1 aliphatic carbocycles. The monoisotopic (exact) mass is 266 g/mol. The van der Waals surface area contributed by atoms with Crippen LogP contribution in [-0.2, 0) is 6.54 Å². The lowest BCUT2D eigenvalue weighted by molar-refractivity contribution is 0.343. The quantitative estimate of drug-likeness (QED) is 0.881. The topological polar surface area (TPSA) is 24.9 Å². The van der Waals surface area contributed by atoms with Crippen LogP contribution in [0.5, 0.6) is 0 Å². The van der Waals surface area contributed by atoms with Crippen LogP contribution >= 0.6 is 11.3 Å². The van der Waals surface area contributed by atoms with E-state index >= 15 is 0 Å². The summed E-state index contributed by atoms with van der Waals surface area (Å²) in [5, 5.41) is 4.89. The van der Waals surface area contributed by atoms with E-state index in [2.05, 4.69) is 33.0 Å². The number of nitrogens with zero attached hydrogens (tertiary/aromatic N) is 1. The third kappa shape index (κ3) is 3.55. The van der Waals surface area contributed by atoms with E-state index in [0.29, 0.717) is 6.04 Å². The van der Waals surface area contributed by atoms with Crippen LogP contribution < -0.4 is 5.32 Å². The number of aryl methyl sites for hydroxylation is 1. The van der Waals surface area contributed by atoms with Gasteiger partial charge in [-0.05, 0) is 25.7 Å². The lowest BCUT2D eigenvalue weighted by Gasteiger charge is -2.24. The van der Waals surface area contributed by atoms with Crippen molar-refractivity contribution in [2.24, 2.45) is 5.92 Å². The summed E-state index contributed by atoms with van der Waals surface area (Å²) in [5.74, 6) is 1.61. The van der Waals surface area contributed by atoms with Crippen LogP contribution in [0, 0.1) is 12.8 Å². The number of nitrogens with one attached hydrogen (secondary N) is 1. The summed E-state index contributed by atoms with van der Waals surface area (Å²) >= 11 is 1.94. The minimum Gasteiger partial charge on any atom is -0.310 e. The van der Waals surface area contributed by atoms with Gasteiger partial charge in [0.25, 0.3) is 0 Å². The first kappa shape index (κ1) is 14.0. The maximum absolute atomic E-state index is 4.83. The molecule has 0 bridgehead atoms. The highest BCUT2D eigenvalue weighted by molar-refractivity contribution is 7.11. The van der Waals surface area contributed by atoms with Crippen LogP contribution in [0.2, 0.25) is 0 Å². The molecule has 1 N–H and O–H groups in total. The van der Waals surface area contributed by atoms with Gasteiger partial charge in [0.2, 0.25) is 0 Å². The first-order chi connectivity index (χ1) is 8.56. The van der Waals surface area contributed by atoms with E-state index in [1.807, 2.05) is 11.3 Å². The van der Waals surface area contributed by atoms with Gasteiger partial charge in [-0.25, -0.2) is 4.98 Å². The molecular formula is C15H26N2S. The fourth-order valence-corrected chi connectivity index (χ4v) is 3.91. The number of rotatable bonds is 4. The van der Waals surface area contributed by atoms with E-state index in [4.69, 9.17) is 4.98 Å². The third-order valence-corrected chi connectivity index (χ3v) is 5.19. The van der Waals surface area contributed by atoms with Crippen molar-refractivity contribution in [3.63, 3.8) is 0 Å². The summed E-state index contributed by atoms with van der Waals surface area (Å²) in [4.78, 5) is 6.25. The van der Waals surface area contributed by atoms with Crippen LogP contribution in [-0.4, -0.2) is 11.0 Å². The Kier molecular flexibility index (Phi) is 4.79. The summed E-state index contributed by atoms with van der Waals surface area (Å²) in [5.41, 5.74) is 1.24. The Bertz CT molecular complexity index is 384. The Hall–Kier alpha value is -0.410. The Morgan fingerprint density at radius 1 is 1.39 bits per heavy atom. The molecule has 3 heteroatoms. The van der Waals surface area contributed by atoms with Gasteiger partial charge >= 0.3 is 0 Å². The zero-order valence-electron chi connectivity index (χ0n) is 12.1. The molecule has 0 aromatic carbocycles. The molecule has 102 valence electrons. The van der Waals surface area contributed by atoms with Crippen LogP contribution in [0.1, 0.15) is 68.0 Å². The highest BCUT2D eigenvalue weighted by Gasteiger charge is 2.23. The summed E-state index contributed by atoms with van der Waals surface area (Å²) in [6, 6.07) is 0.546. The fourth-order valence-electron chi connectivity index (χ4n) is 2.74. The molecule has 1 fully saturated rings. The van der Waals surface area contributed by atoms with Crippen molar-refractivity contribution in [3.8, 4) is 0 Å². The van der Waals surface area contributed by atoms with E-state index in [0.717, 1.165) is 18.4 Å². The Morgan fingerprint density at radius 3 is 2.83 bits per heavy atom. The number of hydrogen-bond acceptors (Lipinski definition) is 3. The van der Waals surface area contributed by atoms with Gasteiger partial charge in [-0.2, -0.15) is 0 Å². The predicted octanol–water partition coefficient (Wildman–Crippen LogP) is 4.24. The maximum atomic E-state index is 4.83. The van der Waals surface area contributed by atoms with Gasteiger partial charge in [0, 0.05) is 23.4 Å². The molecule has 1 heterocycles. The molecule has 2 unspecified atom stereocenters. The van der Waals surface area contributed by atoms with Crippen molar-refractivity contribution in [2.75, 3.05) is 0 Å². The normalized spacial score (nSPS) is 24.7. The van der Waals surface area contributed by atoms with Gasteiger partial charge < -0.3 is 5.32 Å². The van der Waals surface area contributed by atoms with E-state index in [1.165, 1.54) is 41.3 Å². The molecule has 18 heavy (non-hydrogen) atoms. The van der Waals surface area contributed by atoms with Gasteiger partial charge in [-0.15, -0.1) is 11.3 Å². The van der Waals surface area contributed by atoms with E-state index in [1.54, 1.807) is 0 Å². The summed E-state index contributed by atoms with van der Waals surface area (Å²) in [6.45, 7) is 9.90. The SMILES string of the molecule is Cc1nc(C2CCCC(C)C2)sc1CNC(C)C. The molecule has 0 radical (unpaired) electrons. The minimum absolute atomic E-state index is 0.546. The fraction of sp³-hybridized carbons (Fsp3) is 0.800. The smallest absolute Gasteiger partial charge is 0.0962 e. The Labute approximate surface area is 115 Å². The van der Waals surface area contributed by atoms with E-state index in [-0.39, 0.29) is 0 Å². The van der Waals surface area contributed by atoms with Gasteiger partial charge in [0.15, 0.2) is 0 Å². The number of thiazole rings is 1. The predicted molar refractivity (Wildman–Crippen MR) is 79.2 cm³/mol. The largest absolute Gasteiger partial charge is 0.310 e. The molecule has 1 aromatic heterocycles. The highest BCUT2D eigenvalue weighted by atomic mass is 32.1. The summed E-state index contributed by atoms with van der Waals surface area (Å²) < 4.78 is 0. The van der Waals surface area contributed by atoms with E-state index in [9.17, 15) is 0 Å². The van der Waals surface area contributed by atoms with Gasteiger partial charge in [0.1, 0.15) is 0 Å². The minimum atomic E-state index is 0.546. The summed E-state index contributed by atoms with van der Waals surface area (Å²) in [6.07, 6.45) is 5.46. The third-order valence-electron chi connectivity index (χ3n) is 3.87. The zero-order chi connectivity index (χ0) is 13.1. The maximum Gasteiger partial charge on any atom is 0.0962 e. The molecule has 1 saturated carbocycles. The molecule has 0 spiro atoms. The van der Waals surface area contributed by atoms with Crippen molar-refractivity contribution in [2.45, 2.75) is 71.9 Å². The molecule has 2 nitrogen and oxygen atoms in total.